The summed E-state index contributed by atoms with van der Waals surface area (Å²) in [6.07, 6.45) is 0.944. The molecule has 134 valence electrons. The zero-order valence-electron chi connectivity index (χ0n) is 13.8. The summed E-state index contributed by atoms with van der Waals surface area (Å²) in [6.45, 7) is 3.87. The molecule has 0 saturated carbocycles. The molecule has 0 radical (unpaired) electrons. The molecule has 24 heavy (non-hydrogen) atoms. The fourth-order valence-corrected chi connectivity index (χ4v) is 4.74. The molecule has 4 atom stereocenters. The Balaban J connectivity index is 1.99. The predicted molar refractivity (Wildman–Crippen MR) is 85.3 cm³/mol. The van der Waals surface area contributed by atoms with Gasteiger partial charge in [-0.25, -0.2) is 4.79 Å². The first kappa shape index (κ1) is 18.6. The van der Waals surface area contributed by atoms with E-state index in [1.807, 2.05) is 0 Å². The summed E-state index contributed by atoms with van der Waals surface area (Å²) in [7, 11) is -1.65. The van der Waals surface area contributed by atoms with Crippen molar-refractivity contribution >= 4 is 34.5 Å². The fraction of sp³-hybridized carbons (Fsp3) is 0.733. The Hall–Kier alpha value is -1.77. The van der Waals surface area contributed by atoms with Gasteiger partial charge in [0.1, 0.15) is 11.3 Å². The van der Waals surface area contributed by atoms with Crippen LogP contribution in [0.3, 0.4) is 0 Å². The van der Waals surface area contributed by atoms with Gasteiger partial charge in [0, 0.05) is 35.6 Å². The van der Waals surface area contributed by atoms with Gasteiger partial charge in [-0.05, 0) is 19.8 Å². The highest BCUT2D eigenvalue weighted by atomic mass is 32.2. The van der Waals surface area contributed by atoms with Gasteiger partial charge in [-0.2, -0.15) is 0 Å². The van der Waals surface area contributed by atoms with Crippen LogP contribution in [0.1, 0.15) is 33.1 Å². The van der Waals surface area contributed by atoms with Gasteiger partial charge in [-0.3, -0.25) is 23.5 Å². The number of rotatable bonds is 6. The van der Waals surface area contributed by atoms with E-state index in [4.69, 9.17) is 5.11 Å². The zero-order chi connectivity index (χ0) is 18.0. The van der Waals surface area contributed by atoms with Crippen molar-refractivity contribution in [3.05, 3.63) is 0 Å². The molecule has 0 spiro atoms. The number of amides is 3. The number of likely N-dealkylation sites (tertiary alicyclic amines) is 2. The van der Waals surface area contributed by atoms with Crippen molar-refractivity contribution in [2.24, 2.45) is 5.92 Å². The molecular formula is C15H22N2O6S. The van der Waals surface area contributed by atoms with Gasteiger partial charge < -0.3 is 10.0 Å². The maximum Gasteiger partial charge on any atom is 0.326 e. The normalized spacial score (nSPS) is 26.8. The maximum atomic E-state index is 12.4. The molecule has 3 amide bonds. The highest BCUT2D eigenvalue weighted by molar-refractivity contribution is 7.86. The second-order valence-corrected chi connectivity index (χ2v) is 7.81. The largest absolute Gasteiger partial charge is 0.480 e. The van der Waals surface area contributed by atoms with Crippen molar-refractivity contribution in [1.29, 1.82) is 0 Å². The molecule has 8 nitrogen and oxygen atoms in total. The van der Waals surface area contributed by atoms with E-state index in [1.54, 1.807) is 13.8 Å². The summed E-state index contributed by atoms with van der Waals surface area (Å²) in [5, 5.41) is 8.25. The van der Waals surface area contributed by atoms with Crippen LogP contribution in [0.25, 0.3) is 0 Å². The van der Waals surface area contributed by atoms with Crippen LogP contribution in [-0.2, 0) is 30.0 Å². The fourth-order valence-electron chi connectivity index (χ4n) is 3.19. The number of nitrogens with zero attached hydrogens (tertiary/aromatic N) is 2. The number of hydrogen-bond donors (Lipinski definition) is 1. The monoisotopic (exact) mass is 358 g/mol. The van der Waals surface area contributed by atoms with E-state index in [9.17, 15) is 23.4 Å². The maximum absolute atomic E-state index is 12.4. The summed E-state index contributed by atoms with van der Waals surface area (Å²) in [4.78, 5) is 49.8. The minimum Gasteiger partial charge on any atom is -0.480 e. The zero-order valence-corrected chi connectivity index (χ0v) is 14.6. The summed E-state index contributed by atoms with van der Waals surface area (Å²) in [5.74, 6) is -2.91. The minimum atomic E-state index is -1.65. The van der Waals surface area contributed by atoms with Crippen LogP contribution in [0, 0.1) is 5.92 Å². The van der Waals surface area contributed by atoms with Crippen LogP contribution in [0.4, 0.5) is 0 Å². The minimum absolute atomic E-state index is 0.0527. The Morgan fingerprint density at radius 3 is 2.58 bits per heavy atom. The topological polar surface area (TPSA) is 112 Å². The van der Waals surface area contributed by atoms with E-state index in [2.05, 4.69) is 0 Å². The summed E-state index contributed by atoms with van der Waals surface area (Å²) < 4.78 is 12.4. The highest BCUT2D eigenvalue weighted by Gasteiger charge is 2.42. The first-order valence-electron chi connectivity index (χ1n) is 8.02. The van der Waals surface area contributed by atoms with Gasteiger partial charge in [0.25, 0.3) is 0 Å². The summed E-state index contributed by atoms with van der Waals surface area (Å²) in [5.41, 5.74) is 0. The lowest BCUT2D eigenvalue weighted by Gasteiger charge is -2.25. The molecule has 2 aliphatic rings. The van der Waals surface area contributed by atoms with Gasteiger partial charge in [0.05, 0.1) is 6.42 Å². The van der Waals surface area contributed by atoms with Crippen molar-refractivity contribution in [1.82, 2.24) is 9.80 Å². The van der Waals surface area contributed by atoms with Gasteiger partial charge in [0.2, 0.25) is 17.7 Å². The van der Waals surface area contributed by atoms with Gasteiger partial charge in [-0.15, -0.1) is 0 Å². The molecule has 2 saturated heterocycles. The quantitative estimate of drug-likeness (QED) is 0.646. The summed E-state index contributed by atoms with van der Waals surface area (Å²) in [6, 6.07) is -0.835. The molecule has 0 aromatic rings. The van der Waals surface area contributed by atoms with E-state index in [-0.39, 0.29) is 30.5 Å². The molecule has 2 aliphatic heterocycles. The standard InChI is InChI=1S/C15H22N2O6S/c1-3-16-12(18)7-11(14(16)20)24(23)8-9(2)13(19)17-6-4-5-10(17)15(21)22/h9-11H,3-8H2,1-2H3,(H,21,22)/t9?,10-,11?,24?/m0/s1. The van der Waals surface area contributed by atoms with E-state index < -0.39 is 39.9 Å². The number of aliphatic carboxylic acids is 1. The summed E-state index contributed by atoms with van der Waals surface area (Å²) >= 11 is 0. The van der Waals surface area contributed by atoms with E-state index in [1.165, 1.54) is 4.90 Å². The third-order valence-corrected chi connectivity index (χ3v) is 6.32. The Labute approximate surface area is 142 Å². The Morgan fingerprint density at radius 1 is 1.38 bits per heavy atom. The second kappa shape index (κ2) is 7.42. The van der Waals surface area contributed by atoms with Crippen LogP contribution in [0.15, 0.2) is 0 Å². The van der Waals surface area contributed by atoms with E-state index in [0.717, 1.165) is 4.90 Å². The molecule has 0 aromatic carbocycles. The Bertz CT molecular complexity index is 593. The molecule has 0 bridgehead atoms. The number of carboxylic acids is 1. The predicted octanol–water partition coefficient (Wildman–Crippen LogP) is -0.406. The number of carbonyl (C=O) groups is 4. The first-order chi connectivity index (χ1) is 11.3. The Kier molecular flexibility index (Phi) is 5.74. The lowest BCUT2D eigenvalue weighted by Crippen LogP contribution is -2.44. The molecule has 2 rings (SSSR count). The average molecular weight is 358 g/mol. The molecule has 3 unspecified atom stereocenters. The van der Waals surface area contributed by atoms with Crippen LogP contribution >= 0.6 is 0 Å². The van der Waals surface area contributed by atoms with Gasteiger partial charge in [0.15, 0.2) is 0 Å². The molecular weight excluding hydrogens is 336 g/mol. The van der Waals surface area contributed by atoms with Crippen LogP contribution in [0.2, 0.25) is 0 Å². The lowest BCUT2D eigenvalue weighted by molar-refractivity contribution is -0.149. The molecule has 1 N–H and O–H groups in total. The third-order valence-electron chi connectivity index (χ3n) is 4.49. The molecule has 0 aromatic heterocycles. The SMILES string of the molecule is CCN1C(=O)CC(S(=O)CC(C)C(=O)N2CCC[C@H]2C(=O)O)C1=O. The molecule has 2 heterocycles. The van der Waals surface area contributed by atoms with Crippen molar-refractivity contribution in [3.8, 4) is 0 Å². The smallest absolute Gasteiger partial charge is 0.326 e. The van der Waals surface area contributed by atoms with Crippen molar-refractivity contribution < 1.29 is 28.5 Å². The average Bonchev–Trinajstić information content (AvgIpc) is 3.11. The third kappa shape index (κ3) is 3.50. The van der Waals surface area contributed by atoms with Gasteiger partial charge in [-0.1, -0.05) is 6.92 Å². The number of carbonyl (C=O) groups excluding carboxylic acids is 3. The lowest BCUT2D eigenvalue weighted by atomic mass is 10.1. The van der Waals surface area contributed by atoms with Crippen LogP contribution in [0.5, 0.6) is 0 Å². The first-order valence-corrected chi connectivity index (χ1v) is 9.40. The van der Waals surface area contributed by atoms with Crippen LogP contribution < -0.4 is 0 Å². The van der Waals surface area contributed by atoms with Crippen molar-refractivity contribution in [2.75, 3.05) is 18.8 Å². The van der Waals surface area contributed by atoms with Gasteiger partial charge >= 0.3 is 5.97 Å². The van der Waals surface area contributed by atoms with Crippen molar-refractivity contribution in [3.63, 3.8) is 0 Å². The second-order valence-electron chi connectivity index (χ2n) is 6.15. The highest BCUT2D eigenvalue weighted by Crippen LogP contribution is 2.23. The Morgan fingerprint density at radius 2 is 2.04 bits per heavy atom. The van der Waals surface area contributed by atoms with E-state index in [0.29, 0.717) is 19.4 Å². The molecule has 0 aliphatic carbocycles. The molecule has 2 fully saturated rings. The number of imide groups is 1. The van der Waals surface area contributed by atoms with Crippen molar-refractivity contribution in [2.45, 2.75) is 44.4 Å². The van der Waals surface area contributed by atoms with E-state index >= 15 is 0 Å². The van der Waals surface area contributed by atoms with Crippen LogP contribution in [-0.4, -0.2) is 72.9 Å². The number of carboxylic acid groups (broad SMARTS) is 1. The number of hydrogen-bond acceptors (Lipinski definition) is 5. The molecule has 9 heteroatoms.